The third-order valence-corrected chi connectivity index (χ3v) is 2.45. The first-order valence-corrected chi connectivity index (χ1v) is 5.37. The van der Waals surface area contributed by atoms with Gasteiger partial charge in [-0.1, -0.05) is 12.1 Å². The van der Waals surface area contributed by atoms with Gasteiger partial charge in [-0.2, -0.15) is 13.2 Å². The predicted octanol–water partition coefficient (Wildman–Crippen LogP) is 3.02. The van der Waals surface area contributed by atoms with Gasteiger partial charge in [0.25, 0.3) is 0 Å². The van der Waals surface area contributed by atoms with Crippen LogP contribution in [-0.2, 0) is 4.74 Å². The van der Waals surface area contributed by atoms with Gasteiger partial charge in [-0.15, -0.1) is 0 Å². The molecule has 0 heterocycles. The van der Waals surface area contributed by atoms with Crippen molar-refractivity contribution < 1.29 is 22.3 Å². The fourth-order valence-corrected chi connectivity index (χ4v) is 1.59. The summed E-state index contributed by atoms with van der Waals surface area (Å²) in [6, 6.07) is 2.33. The zero-order valence-electron chi connectivity index (χ0n) is 10.1. The van der Waals surface area contributed by atoms with Crippen LogP contribution in [0.2, 0.25) is 0 Å². The number of hydrogen-bond acceptors (Lipinski definition) is 2. The maximum atomic E-state index is 13.4. The summed E-state index contributed by atoms with van der Waals surface area (Å²) in [5, 5.41) is 0. The number of ether oxygens (including phenoxy) is 1. The van der Waals surface area contributed by atoms with Crippen LogP contribution >= 0.6 is 0 Å². The van der Waals surface area contributed by atoms with Crippen molar-refractivity contribution in [2.24, 2.45) is 5.73 Å². The van der Waals surface area contributed by atoms with E-state index in [0.717, 1.165) is 0 Å². The molecule has 18 heavy (non-hydrogen) atoms. The van der Waals surface area contributed by atoms with Crippen LogP contribution in [-0.4, -0.2) is 19.4 Å². The minimum atomic E-state index is -4.37. The van der Waals surface area contributed by atoms with E-state index in [1.54, 1.807) is 13.8 Å². The van der Waals surface area contributed by atoms with E-state index in [4.69, 9.17) is 5.73 Å². The maximum absolute atomic E-state index is 13.4. The largest absolute Gasteiger partial charge is 0.411 e. The molecule has 0 spiro atoms. The Balaban J connectivity index is 2.65. The molecular formula is C12H15F4NO. The van der Waals surface area contributed by atoms with E-state index in [9.17, 15) is 17.6 Å². The van der Waals surface area contributed by atoms with Gasteiger partial charge in [-0.3, -0.25) is 0 Å². The minimum Gasteiger partial charge on any atom is -0.370 e. The van der Waals surface area contributed by atoms with Gasteiger partial charge >= 0.3 is 6.18 Å². The van der Waals surface area contributed by atoms with E-state index in [-0.39, 0.29) is 12.4 Å². The van der Waals surface area contributed by atoms with Crippen LogP contribution < -0.4 is 5.73 Å². The van der Waals surface area contributed by atoms with Crippen LogP contribution in [0.5, 0.6) is 0 Å². The van der Waals surface area contributed by atoms with Crippen molar-refractivity contribution in [2.45, 2.75) is 26.1 Å². The summed E-state index contributed by atoms with van der Waals surface area (Å²) in [7, 11) is 0. The number of alkyl halides is 3. The molecule has 1 unspecified atom stereocenters. The first kappa shape index (κ1) is 14.9. The highest BCUT2D eigenvalue weighted by atomic mass is 19.4. The summed E-state index contributed by atoms with van der Waals surface area (Å²) < 4.78 is 53.5. The molecule has 0 aliphatic rings. The molecule has 0 radical (unpaired) electrons. The van der Waals surface area contributed by atoms with Gasteiger partial charge in [0.15, 0.2) is 0 Å². The second kappa shape index (κ2) is 5.67. The Labute approximate surface area is 103 Å². The van der Waals surface area contributed by atoms with Crippen LogP contribution in [0.4, 0.5) is 17.6 Å². The molecule has 1 aromatic rings. The molecule has 2 N–H and O–H groups in total. The van der Waals surface area contributed by atoms with Crippen LogP contribution in [0.25, 0.3) is 0 Å². The monoisotopic (exact) mass is 265 g/mol. The van der Waals surface area contributed by atoms with E-state index in [1.165, 1.54) is 12.1 Å². The summed E-state index contributed by atoms with van der Waals surface area (Å²) in [5.41, 5.74) is 7.09. The molecule has 1 atom stereocenters. The van der Waals surface area contributed by atoms with E-state index >= 15 is 0 Å². The zero-order chi connectivity index (χ0) is 13.9. The van der Waals surface area contributed by atoms with E-state index in [2.05, 4.69) is 4.74 Å². The predicted molar refractivity (Wildman–Crippen MR) is 59.7 cm³/mol. The third-order valence-electron chi connectivity index (χ3n) is 2.45. The molecule has 0 saturated carbocycles. The molecular weight excluding hydrogens is 250 g/mol. The lowest BCUT2D eigenvalue weighted by molar-refractivity contribution is -0.174. The van der Waals surface area contributed by atoms with Crippen molar-refractivity contribution >= 4 is 0 Å². The summed E-state index contributed by atoms with van der Waals surface area (Å²) in [6.45, 7) is 1.56. The second-order valence-corrected chi connectivity index (χ2v) is 4.21. The molecule has 0 aliphatic heterocycles. The maximum Gasteiger partial charge on any atom is 0.411 e. The Kier molecular flexibility index (Phi) is 4.70. The fraction of sp³-hybridized carbons (Fsp3) is 0.500. The number of hydrogen-bond donors (Lipinski definition) is 1. The fourth-order valence-electron chi connectivity index (χ4n) is 1.59. The molecule has 0 fully saturated rings. The molecule has 1 rings (SSSR count). The van der Waals surface area contributed by atoms with Crippen LogP contribution in [0.15, 0.2) is 12.1 Å². The first-order chi connectivity index (χ1) is 8.20. The van der Waals surface area contributed by atoms with E-state index in [1.807, 2.05) is 0 Å². The highest BCUT2D eigenvalue weighted by molar-refractivity contribution is 5.32. The lowest BCUT2D eigenvalue weighted by atomic mass is 10.0. The van der Waals surface area contributed by atoms with E-state index in [0.29, 0.717) is 16.7 Å². The summed E-state index contributed by atoms with van der Waals surface area (Å²) in [4.78, 5) is 0. The van der Waals surface area contributed by atoms with Gasteiger partial charge in [-0.05, 0) is 30.5 Å². The van der Waals surface area contributed by atoms with Gasteiger partial charge in [0.2, 0.25) is 0 Å². The number of benzene rings is 1. The van der Waals surface area contributed by atoms with Gasteiger partial charge in [-0.25, -0.2) is 4.39 Å². The van der Waals surface area contributed by atoms with Crippen molar-refractivity contribution in [1.29, 1.82) is 0 Å². The lowest BCUT2D eigenvalue weighted by Crippen LogP contribution is -2.23. The summed E-state index contributed by atoms with van der Waals surface area (Å²) >= 11 is 0. The Morgan fingerprint density at radius 2 is 1.72 bits per heavy atom. The Hall–Kier alpha value is -1.14. The molecule has 0 aromatic heterocycles. The standard InChI is InChI=1S/C12H15F4NO/c1-7-3-9(4-8(2)11(7)13)10(17)5-18-6-12(14,15)16/h3-4,10H,5-6,17H2,1-2H3. The molecule has 102 valence electrons. The Bertz CT molecular complexity index is 394. The van der Waals surface area contributed by atoms with Crippen molar-refractivity contribution in [3.05, 3.63) is 34.6 Å². The SMILES string of the molecule is Cc1cc(C(N)COCC(F)(F)F)cc(C)c1F. The topological polar surface area (TPSA) is 35.2 Å². The molecule has 0 saturated heterocycles. The minimum absolute atomic E-state index is 0.260. The third kappa shape index (κ3) is 4.27. The van der Waals surface area contributed by atoms with Gasteiger partial charge in [0.05, 0.1) is 12.6 Å². The van der Waals surface area contributed by atoms with Crippen LogP contribution in [0.3, 0.4) is 0 Å². The lowest BCUT2D eigenvalue weighted by Gasteiger charge is -2.15. The molecule has 0 amide bonds. The molecule has 0 aliphatic carbocycles. The van der Waals surface area contributed by atoms with Crippen LogP contribution in [0, 0.1) is 19.7 Å². The quantitative estimate of drug-likeness (QED) is 0.849. The highest BCUT2D eigenvalue weighted by Gasteiger charge is 2.27. The van der Waals surface area contributed by atoms with Gasteiger partial charge < -0.3 is 10.5 Å². The van der Waals surface area contributed by atoms with Crippen molar-refractivity contribution in [1.82, 2.24) is 0 Å². The number of aryl methyl sites for hydroxylation is 2. The highest BCUT2D eigenvalue weighted by Crippen LogP contribution is 2.20. The van der Waals surface area contributed by atoms with Crippen molar-refractivity contribution in [3.8, 4) is 0 Å². The first-order valence-electron chi connectivity index (χ1n) is 5.37. The van der Waals surface area contributed by atoms with Crippen molar-refractivity contribution in [2.75, 3.05) is 13.2 Å². The Morgan fingerprint density at radius 1 is 1.22 bits per heavy atom. The van der Waals surface area contributed by atoms with Crippen LogP contribution in [0.1, 0.15) is 22.7 Å². The summed E-state index contributed by atoms with van der Waals surface area (Å²) in [5.74, 6) is -0.331. The number of nitrogens with two attached hydrogens (primary N) is 1. The van der Waals surface area contributed by atoms with Gasteiger partial charge in [0.1, 0.15) is 12.4 Å². The average molecular weight is 265 g/mol. The molecule has 1 aromatic carbocycles. The average Bonchev–Trinajstić information content (AvgIpc) is 2.23. The van der Waals surface area contributed by atoms with E-state index < -0.39 is 18.8 Å². The zero-order valence-corrected chi connectivity index (χ0v) is 10.1. The second-order valence-electron chi connectivity index (χ2n) is 4.21. The van der Waals surface area contributed by atoms with Crippen molar-refractivity contribution in [3.63, 3.8) is 0 Å². The van der Waals surface area contributed by atoms with Gasteiger partial charge in [0, 0.05) is 0 Å². The number of rotatable bonds is 4. The Morgan fingerprint density at radius 3 is 2.17 bits per heavy atom. The molecule has 0 bridgehead atoms. The molecule has 6 heteroatoms. The molecule has 2 nitrogen and oxygen atoms in total. The smallest absolute Gasteiger partial charge is 0.370 e. The normalized spacial score (nSPS) is 13.7. The number of halogens is 4. The summed E-state index contributed by atoms with van der Waals surface area (Å²) in [6.07, 6.45) is -4.37.